The van der Waals surface area contributed by atoms with Gasteiger partial charge >= 0.3 is 0 Å². The molecule has 0 saturated heterocycles. The Bertz CT molecular complexity index is 642. The number of nitrogens with one attached hydrogen (secondary N) is 1. The highest BCUT2D eigenvalue weighted by molar-refractivity contribution is 9.18. The fourth-order valence-corrected chi connectivity index (χ4v) is 2.85. The summed E-state index contributed by atoms with van der Waals surface area (Å²) in [5, 5.41) is 15.3. The van der Waals surface area contributed by atoms with Gasteiger partial charge in [-0.1, -0.05) is 65.1 Å². The lowest BCUT2D eigenvalue weighted by Crippen LogP contribution is -2.07. The highest BCUT2D eigenvalue weighted by Gasteiger charge is 2.13. The van der Waals surface area contributed by atoms with Gasteiger partial charge in [0.15, 0.2) is 0 Å². The van der Waals surface area contributed by atoms with E-state index in [0.29, 0.717) is 30.9 Å². The Morgan fingerprint density at radius 1 is 1.10 bits per heavy atom. The van der Waals surface area contributed by atoms with Crippen LogP contribution in [0.2, 0.25) is 15.1 Å². The van der Waals surface area contributed by atoms with Gasteiger partial charge in [-0.2, -0.15) is 5.10 Å². The lowest BCUT2D eigenvalue weighted by molar-refractivity contribution is 0.251. The van der Waals surface area contributed by atoms with Crippen LogP contribution in [0.3, 0.4) is 0 Å². The van der Waals surface area contributed by atoms with Crippen molar-refractivity contribution in [3.8, 4) is 0 Å². The number of aliphatic hydroxyl groups is 1. The smallest absolute Gasteiger partial charge is 0.136 e. The van der Waals surface area contributed by atoms with Gasteiger partial charge in [-0.3, -0.25) is 5.43 Å². The van der Waals surface area contributed by atoms with Crippen molar-refractivity contribution < 1.29 is 5.11 Å². The minimum atomic E-state index is -0.886. The van der Waals surface area contributed by atoms with Crippen LogP contribution in [-0.2, 0) is 0 Å². The van der Waals surface area contributed by atoms with E-state index in [1.54, 1.807) is 24.3 Å². The van der Waals surface area contributed by atoms with Crippen molar-refractivity contribution in [1.29, 1.82) is 0 Å². The average Bonchev–Trinajstić information content (AvgIpc) is 2.46. The molecule has 3 nitrogen and oxygen atoms in total. The van der Waals surface area contributed by atoms with Crippen LogP contribution in [0.5, 0.6) is 0 Å². The summed E-state index contributed by atoms with van der Waals surface area (Å²) in [7, 11) is 0. The number of hydrogen-bond acceptors (Lipinski definition) is 3. The van der Waals surface area contributed by atoms with Crippen LogP contribution < -0.4 is 5.43 Å². The summed E-state index contributed by atoms with van der Waals surface area (Å²) >= 11 is 21.1. The minimum absolute atomic E-state index is 0.302. The molecule has 0 saturated carbocycles. The SMILES string of the molecule is O[C@@H](/C(Br)=N/Nc1c(Cl)cc(Cl)cc1Cl)c1ccccc1. The summed E-state index contributed by atoms with van der Waals surface area (Å²) in [5.41, 5.74) is 3.85. The van der Waals surface area contributed by atoms with Crippen LogP contribution in [0.25, 0.3) is 0 Å². The van der Waals surface area contributed by atoms with Gasteiger partial charge < -0.3 is 5.11 Å². The Balaban J connectivity index is 2.18. The molecular weight excluding hydrogens is 398 g/mol. The Hall–Kier alpha value is -0.780. The molecule has 2 N–H and O–H groups in total. The van der Waals surface area contributed by atoms with E-state index < -0.39 is 6.10 Å². The van der Waals surface area contributed by atoms with Crippen LogP contribution in [0.15, 0.2) is 47.6 Å². The summed E-state index contributed by atoms with van der Waals surface area (Å²) in [6.07, 6.45) is -0.886. The summed E-state index contributed by atoms with van der Waals surface area (Å²) in [6, 6.07) is 12.2. The van der Waals surface area contributed by atoms with E-state index in [0.717, 1.165) is 0 Å². The highest BCUT2D eigenvalue weighted by atomic mass is 79.9. The predicted octanol–water partition coefficient (Wildman–Crippen LogP) is 5.50. The number of benzene rings is 2. The van der Waals surface area contributed by atoms with Crippen molar-refractivity contribution in [1.82, 2.24) is 0 Å². The summed E-state index contributed by atoms with van der Waals surface area (Å²) in [4.78, 5) is 0. The Morgan fingerprint density at radius 2 is 1.67 bits per heavy atom. The second-order valence-corrected chi connectivity index (χ2v) is 6.17. The predicted molar refractivity (Wildman–Crippen MR) is 92.9 cm³/mol. The molecule has 0 aromatic heterocycles. The standard InChI is InChI=1S/C14H10BrCl3N2O/c15-14(13(21)8-4-2-1-3-5-8)20-19-12-10(17)6-9(16)7-11(12)18/h1-7,13,19,21H/b20-14-/t13-/m1/s1. The normalized spacial score (nSPS) is 13.1. The molecule has 0 radical (unpaired) electrons. The third-order valence-electron chi connectivity index (χ3n) is 2.62. The second-order valence-electron chi connectivity index (χ2n) is 4.10. The molecule has 0 aliphatic carbocycles. The monoisotopic (exact) mass is 406 g/mol. The lowest BCUT2D eigenvalue weighted by atomic mass is 10.1. The number of halogens is 4. The fourth-order valence-electron chi connectivity index (χ4n) is 1.59. The van der Waals surface area contributed by atoms with E-state index in [4.69, 9.17) is 34.8 Å². The number of aliphatic hydroxyl groups excluding tert-OH is 1. The van der Waals surface area contributed by atoms with Gasteiger partial charge in [-0.05, 0) is 33.6 Å². The summed E-state index contributed by atoms with van der Waals surface area (Å²) in [5.74, 6) is 0. The molecule has 1 atom stereocenters. The molecular formula is C14H10BrCl3N2O. The Kier molecular flexibility index (Phi) is 5.90. The molecule has 2 aromatic rings. The molecule has 0 bridgehead atoms. The number of nitrogens with zero attached hydrogens (tertiary/aromatic N) is 1. The molecule has 0 fully saturated rings. The van der Waals surface area contributed by atoms with Crippen LogP contribution in [0.4, 0.5) is 5.69 Å². The number of hydrogen-bond donors (Lipinski definition) is 2. The first-order chi connectivity index (χ1) is 9.99. The molecule has 21 heavy (non-hydrogen) atoms. The first-order valence-electron chi connectivity index (χ1n) is 5.85. The third kappa shape index (κ3) is 4.34. The van der Waals surface area contributed by atoms with Gasteiger partial charge in [0, 0.05) is 5.02 Å². The van der Waals surface area contributed by atoms with E-state index in [1.165, 1.54) is 0 Å². The summed E-state index contributed by atoms with van der Waals surface area (Å²) < 4.78 is 0.302. The van der Waals surface area contributed by atoms with E-state index >= 15 is 0 Å². The fraction of sp³-hybridized carbons (Fsp3) is 0.0714. The van der Waals surface area contributed by atoms with E-state index in [9.17, 15) is 5.11 Å². The van der Waals surface area contributed by atoms with Crippen LogP contribution in [-0.4, -0.2) is 9.73 Å². The first-order valence-corrected chi connectivity index (χ1v) is 7.78. The van der Waals surface area contributed by atoms with Gasteiger partial charge in [0.2, 0.25) is 0 Å². The zero-order valence-corrected chi connectivity index (χ0v) is 14.4. The maximum Gasteiger partial charge on any atom is 0.136 e. The molecule has 2 rings (SSSR count). The van der Waals surface area contributed by atoms with Crippen molar-refractivity contribution in [2.45, 2.75) is 6.10 Å². The molecule has 0 spiro atoms. The number of hydrazone groups is 1. The van der Waals surface area contributed by atoms with Gasteiger partial charge in [0.05, 0.1) is 15.7 Å². The van der Waals surface area contributed by atoms with Gasteiger partial charge in [-0.25, -0.2) is 0 Å². The van der Waals surface area contributed by atoms with Crippen LogP contribution in [0, 0.1) is 0 Å². The quantitative estimate of drug-likeness (QED) is 0.518. The molecule has 110 valence electrons. The topological polar surface area (TPSA) is 44.6 Å². The van der Waals surface area contributed by atoms with Gasteiger partial charge in [0.1, 0.15) is 10.7 Å². The van der Waals surface area contributed by atoms with Crippen molar-refractivity contribution in [3.05, 3.63) is 63.1 Å². The number of anilines is 1. The van der Waals surface area contributed by atoms with E-state index in [2.05, 4.69) is 26.5 Å². The van der Waals surface area contributed by atoms with Gasteiger partial charge in [0.25, 0.3) is 0 Å². The van der Waals surface area contributed by atoms with Crippen molar-refractivity contribution in [3.63, 3.8) is 0 Å². The molecule has 0 unspecified atom stereocenters. The van der Waals surface area contributed by atoms with Gasteiger partial charge in [-0.15, -0.1) is 0 Å². The van der Waals surface area contributed by atoms with E-state index in [-0.39, 0.29) is 0 Å². The number of rotatable bonds is 4. The molecule has 7 heteroatoms. The maximum atomic E-state index is 10.1. The van der Waals surface area contributed by atoms with Crippen LogP contribution >= 0.6 is 50.7 Å². The Labute approximate surface area is 145 Å². The van der Waals surface area contributed by atoms with Crippen LogP contribution in [0.1, 0.15) is 11.7 Å². The maximum absolute atomic E-state index is 10.1. The Morgan fingerprint density at radius 3 is 2.24 bits per heavy atom. The lowest BCUT2D eigenvalue weighted by Gasteiger charge is -2.11. The molecule has 0 amide bonds. The zero-order chi connectivity index (χ0) is 15.4. The van der Waals surface area contributed by atoms with Crippen molar-refractivity contribution in [2.75, 3.05) is 5.43 Å². The molecule has 0 aliphatic heterocycles. The van der Waals surface area contributed by atoms with E-state index in [1.807, 2.05) is 18.2 Å². The summed E-state index contributed by atoms with van der Waals surface area (Å²) in [6.45, 7) is 0. The largest absolute Gasteiger partial charge is 0.381 e. The second kappa shape index (κ2) is 7.47. The minimum Gasteiger partial charge on any atom is -0.381 e. The first kappa shape index (κ1) is 16.6. The van der Waals surface area contributed by atoms with Crippen molar-refractivity contribution in [2.24, 2.45) is 5.10 Å². The third-order valence-corrected chi connectivity index (χ3v) is 4.05. The molecule has 2 aromatic carbocycles. The average molecular weight is 409 g/mol. The molecule has 0 heterocycles. The highest BCUT2D eigenvalue weighted by Crippen LogP contribution is 2.33. The molecule has 0 aliphatic rings. The van der Waals surface area contributed by atoms with Crippen molar-refractivity contribution >= 4 is 61.0 Å². The zero-order valence-electron chi connectivity index (χ0n) is 10.5.